The molecule has 5 heteroatoms. The summed E-state index contributed by atoms with van der Waals surface area (Å²) in [5.41, 5.74) is 0.729. The number of amides is 1. The fourth-order valence-corrected chi connectivity index (χ4v) is 3.44. The summed E-state index contributed by atoms with van der Waals surface area (Å²) in [4.78, 5) is 14.9. The summed E-state index contributed by atoms with van der Waals surface area (Å²) in [5, 5.41) is 3.48. The van der Waals surface area contributed by atoms with Gasteiger partial charge in [0.15, 0.2) is 0 Å². The second-order valence-electron chi connectivity index (χ2n) is 5.83. The van der Waals surface area contributed by atoms with E-state index in [4.69, 9.17) is 4.74 Å². The minimum absolute atomic E-state index is 0.134. The molecule has 3 rings (SSSR count). The van der Waals surface area contributed by atoms with Crippen LogP contribution in [-0.2, 0) is 0 Å². The molecule has 1 aliphatic carbocycles. The van der Waals surface area contributed by atoms with Gasteiger partial charge >= 0.3 is 0 Å². The molecule has 2 aliphatic rings. The van der Waals surface area contributed by atoms with Gasteiger partial charge in [0.1, 0.15) is 5.75 Å². The zero-order valence-electron chi connectivity index (χ0n) is 12.3. The molecule has 1 aromatic carbocycles. The molecule has 0 aromatic heterocycles. The van der Waals surface area contributed by atoms with Crippen molar-refractivity contribution in [2.45, 2.75) is 37.8 Å². The standard InChI is InChI=1S/C16H21BrN2O2/c1-21-15-7-4-11(9-14(15)17)16(20)19(13-5-6-13)10-12-3-2-8-18-12/h4,7,9,12-13,18H,2-3,5-6,8,10H2,1H3. The summed E-state index contributed by atoms with van der Waals surface area (Å²) < 4.78 is 6.05. The summed E-state index contributed by atoms with van der Waals surface area (Å²) in [6, 6.07) is 6.44. The average molecular weight is 353 g/mol. The van der Waals surface area contributed by atoms with Gasteiger partial charge < -0.3 is 15.0 Å². The van der Waals surface area contributed by atoms with Crippen LogP contribution in [0.3, 0.4) is 0 Å². The molecule has 2 fully saturated rings. The van der Waals surface area contributed by atoms with E-state index in [2.05, 4.69) is 26.1 Å². The molecular weight excluding hydrogens is 332 g/mol. The molecule has 1 unspecified atom stereocenters. The highest BCUT2D eigenvalue weighted by atomic mass is 79.9. The molecule has 0 bridgehead atoms. The molecule has 1 N–H and O–H groups in total. The van der Waals surface area contributed by atoms with Crippen molar-refractivity contribution in [3.05, 3.63) is 28.2 Å². The maximum atomic E-state index is 12.8. The van der Waals surface area contributed by atoms with Crippen molar-refractivity contribution >= 4 is 21.8 Å². The van der Waals surface area contributed by atoms with Gasteiger partial charge in [-0.25, -0.2) is 0 Å². The van der Waals surface area contributed by atoms with E-state index >= 15 is 0 Å². The number of halogens is 1. The molecule has 4 nitrogen and oxygen atoms in total. The van der Waals surface area contributed by atoms with E-state index in [1.54, 1.807) is 7.11 Å². The van der Waals surface area contributed by atoms with Crippen LogP contribution in [0.1, 0.15) is 36.0 Å². The Morgan fingerprint density at radius 3 is 2.81 bits per heavy atom. The molecule has 0 radical (unpaired) electrons. The smallest absolute Gasteiger partial charge is 0.254 e. The van der Waals surface area contributed by atoms with E-state index in [0.29, 0.717) is 12.1 Å². The molecule has 1 aromatic rings. The molecule has 1 amide bonds. The van der Waals surface area contributed by atoms with Crippen LogP contribution >= 0.6 is 15.9 Å². The first-order chi connectivity index (χ1) is 10.2. The Kier molecular flexibility index (Phi) is 4.50. The van der Waals surface area contributed by atoms with Crippen molar-refractivity contribution in [1.29, 1.82) is 0 Å². The van der Waals surface area contributed by atoms with Gasteiger partial charge in [0.2, 0.25) is 0 Å². The van der Waals surface area contributed by atoms with Crippen LogP contribution in [0.5, 0.6) is 5.75 Å². The van der Waals surface area contributed by atoms with Crippen molar-refractivity contribution in [2.75, 3.05) is 20.2 Å². The number of carbonyl (C=O) groups is 1. The van der Waals surface area contributed by atoms with Gasteiger partial charge in [-0.3, -0.25) is 4.79 Å². The fraction of sp³-hybridized carbons (Fsp3) is 0.562. The number of hydrogen-bond donors (Lipinski definition) is 1. The van der Waals surface area contributed by atoms with Gasteiger partial charge in [-0.15, -0.1) is 0 Å². The molecule has 1 aliphatic heterocycles. The lowest BCUT2D eigenvalue weighted by Gasteiger charge is -2.26. The lowest BCUT2D eigenvalue weighted by molar-refractivity contribution is 0.0728. The number of ether oxygens (including phenoxy) is 1. The molecular formula is C16H21BrN2O2. The minimum Gasteiger partial charge on any atom is -0.496 e. The molecule has 1 heterocycles. The predicted octanol–water partition coefficient (Wildman–Crippen LogP) is 2.81. The second-order valence-corrected chi connectivity index (χ2v) is 6.69. The van der Waals surface area contributed by atoms with Gasteiger partial charge in [0.25, 0.3) is 5.91 Å². The first-order valence-electron chi connectivity index (χ1n) is 7.57. The average Bonchev–Trinajstić information content (AvgIpc) is 3.20. The highest BCUT2D eigenvalue weighted by Crippen LogP contribution is 2.31. The van der Waals surface area contributed by atoms with E-state index in [1.165, 1.54) is 12.8 Å². The van der Waals surface area contributed by atoms with E-state index in [0.717, 1.165) is 41.7 Å². The number of carbonyl (C=O) groups excluding carboxylic acids is 1. The van der Waals surface area contributed by atoms with E-state index in [1.807, 2.05) is 18.2 Å². The van der Waals surface area contributed by atoms with Crippen molar-refractivity contribution in [3.63, 3.8) is 0 Å². The van der Waals surface area contributed by atoms with Crippen LogP contribution < -0.4 is 10.1 Å². The quantitative estimate of drug-likeness (QED) is 0.885. The third-order valence-electron chi connectivity index (χ3n) is 4.23. The summed E-state index contributed by atoms with van der Waals surface area (Å²) in [7, 11) is 1.63. The normalized spacial score (nSPS) is 21.3. The Balaban J connectivity index is 1.75. The zero-order valence-corrected chi connectivity index (χ0v) is 13.9. The van der Waals surface area contributed by atoms with E-state index in [9.17, 15) is 4.79 Å². The number of rotatable bonds is 5. The second kappa shape index (κ2) is 6.36. The summed E-state index contributed by atoms with van der Waals surface area (Å²) in [6.07, 6.45) is 4.65. The number of methoxy groups -OCH3 is 1. The molecule has 1 saturated carbocycles. The largest absolute Gasteiger partial charge is 0.496 e. The Morgan fingerprint density at radius 1 is 1.43 bits per heavy atom. The first-order valence-corrected chi connectivity index (χ1v) is 8.36. The maximum Gasteiger partial charge on any atom is 0.254 e. The first kappa shape index (κ1) is 14.9. The third kappa shape index (κ3) is 3.40. The molecule has 114 valence electrons. The van der Waals surface area contributed by atoms with Crippen molar-refractivity contribution in [2.24, 2.45) is 0 Å². The number of hydrogen-bond acceptors (Lipinski definition) is 3. The van der Waals surface area contributed by atoms with E-state index in [-0.39, 0.29) is 5.91 Å². The van der Waals surface area contributed by atoms with Crippen molar-refractivity contribution in [3.8, 4) is 5.75 Å². The fourth-order valence-electron chi connectivity index (χ4n) is 2.90. The van der Waals surface area contributed by atoms with Crippen LogP contribution in [-0.4, -0.2) is 43.1 Å². The number of nitrogens with zero attached hydrogens (tertiary/aromatic N) is 1. The van der Waals surface area contributed by atoms with Crippen LogP contribution in [0, 0.1) is 0 Å². The summed E-state index contributed by atoms with van der Waals surface area (Å²) in [5.74, 6) is 0.886. The Bertz CT molecular complexity index is 525. The molecule has 0 spiro atoms. The van der Waals surface area contributed by atoms with Crippen molar-refractivity contribution in [1.82, 2.24) is 10.2 Å². The van der Waals surface area contributed by atoms with Gasteiger partial charge in [-0.1, -0.05) is 0 Å². The van der Waals surface area contributed by atoms with Gasteiger partial charge in [-0.2, -0.15) is 0 Å². The Hall–Kier alpha value is -1.07. The molecule has 1 atom stereocenters. The van der Waals surface area contributed by atoms with Crippen LogP contribution in [0.2, 0.25) is 0 Å². The van der Waals surface area contributed by atoms with Crippen LogP contribution in [0.25, 0.3) is 0 Å². The zero-order chi connectivity index (χ0) is 14.8. The van der Waals surface area contributed by atoms with Gasteiger partial charge in [0.05, 0.1) is 11.6 Å². The minimum atomic E-state index is 0.134. The highest BCUT2D eigenvalue weighted by molar-refractivity contribution is 9.10. The number of benzene rings is 1. The Morgan fingerprint density at radius 2 is 2.24 bits per heavy atom. The summed E-state index contributed by atoms with van der Waals surface area (Å²) in [6.45, 7) is 1.90. The number of nitrogens with one attached hydrogen (secondary N) is 1. The summed E-state index contributed by atoms with van der Waals surface area (Å²) >= 11 is 3.46. The monoisotopic (exact) mass is 352 g/mol. The van der Waals surface area contributed by atoms with Gasteiger partial charge in [0, 0.05) is 24.2 Å². The predicted molar refractivity (Wildman–Crippen MR) is 85.8 cm³/mol. The van der Waals surface area contributed by atoms with Crippen molar-refractivity contribution < 1.29 is 9.53 Å². The third-order valence-corrected chi connectivity index (χ3v) is 4.85. The lowest BCUT2D eigenvalue weighted by atomic mass is 10.1. The molecule has 1 saturated heterocycles. The molecule has 21 heavy (non-hydrogen) atoms. The van der Waals surface area contributed by atoms with Gasteiger partial charge in [-0.05, 0) is 66.4 Å². The lowest BCUT2D eigenvalue weighted by Crippen LogP contribution is -2.42. The maximum absolute atomic E-state index is 12.8. The Labute approximate surface area is 134 Å². The topological polar surface area (TPSA) is 41.6 Å². The van der Waals surface area contributed by atoms with Crippen LogP contribution in [0.15, 0.2) is 22.7 Å². The highest BCUT2D eigenvalue weighted by Gasteiger charge is 2.35. The van der Waals surface area contributed by atoms with E-state index < -0.39 is 0 Å². The SMILES string of the molecule is COc1ccc(C(=O)N(CC2CCCN2)C2CC2)cc1Br. The van der Waals surface area contributed by atoms with Crippen LogP contribution in [0.4, 0.5) is 0 Å².